The average Bonchev–Trinajstić information content (AvgIpc) is 2.59. The molecule has 1 aromatic heterocycles. The second-order valence-electron chi connectivity index (χ2n) is 4.06. The van der Waals surface area contributed by atoms with Crippen LogP contribution in [0.15, 0.2) is 36.4 Å². The van der Waals surface area contributed by atoms with Gasteiger partial charge in [-0.3, -0.25) is 0 Å². The summed E-state index contributed by atoms with van der Waals surface area (Å²) >= 11 is 8.28. The molecule has 0 aliphatic carbocycles. The van der Waals surface area contributed by atoms with Gasteiger partial charge >= 0.3 is 0 Å². The minimum absolute atomic E-state index is 0.0982. The van der Waals surface area contributed by atoms with E-state index in [0.29, 0.717) is 0 Å². The predicted octanol–water partition coefficient (Wildman–Crippen LogP) is 4.89. The van der Waals surface area contributed by atoms with E-state index in [1.165, 1.54) is 20.9 Å². The van der Waals surface area contributed by atoms with Gasteiger partial charge in [0.2, 0.25) is 0 Å². The maximum Gasteiger partial charge on any atom is 0.0721 e. The first kappa shape index (κ1) is 11.7. The topological polar surface area (TPSA) is 0 Å². The summed E-state index contributed by atoms with van der Waals surface area (Å²) in [6.45, 7) is 4.27. The molecular weight excluding hydrogens is 236 g/mol. The Morgan fingerprint density at radius 1 is 1.19 bits per heavy atom. The highest BCUT2D eigenvalue weighted by atomic mass is 35.5. The summed E-state index contributed by atoms with van der Waals surface area (Å²) in [4.78, 5) is 2.65. The molecule has 0 aliphatic heterocycles. The highest BCUT2D eigenvalue weighted by Crippen LogP contribution is 2.33. The van der Waals surface area contributed by atoms with Gasteiger partial charge in [-0.2, -0.15) is 0 Å². The van der Waals surface area contributed by atoms with Gasteiger partial charge in [-0.15, -0.1) is 22.9 Å². The Bertz CT molecular complexity index is 459. The minimum Gasteiger partial charge on any atom is -0.144 e. The molecule has 0 radical (unpaired) electrons. The number of halogens is 1. The van der Waals surface area contributed by atoms with Gasteiger partial charge in [0, 0.05) is 9.75 Å². The Morgan fingerprint density at radius 2 is 1.88 bits per heavy atom. The van der Waals surface area contributed by atoms with Crippen molar-refractivity contribution in [1.82, 2.24) is 0 Å². The van der Waals surface area contributed by atoms with Crippen LogP contribution in [0, 0.1) is 13.8 Å². The van der Waals surface area contributed by atoms with Crippen LogP contribution in [0.25, 0.3) is 0 Å². The van der Waals surface area contributed by atoms with E-state index >= 15 is 0 Å². The van der Waals surface area contributed by atoms with Crippen LogP contribution >= 0.6 is 22.9 Å². The molecule has 2 aromatic rings. The van der Waals surface area contributed by atoms with Crippen molar-refractivity contribution in [1.29, 1.82) is 0 Å². The van der Waals surface area contributed by atoms with Gasteiger partial charge in [0.05, 0.1) is 5.38 Å². The van der Waals surface area contributed by atoms with Gasteiger partial charge in [0.1, 0.15) is 0 Å². The van der Waals surface area contributed by atoms with Crippen molar-refractivity contribution in [2.75, 3.05) is 0 Å². The molecular formula is C14H15ClS. The number of thiophene rings is 1. The molecule has 0 nitrogen and oxygen atoms in total. The normalized spacial score (nSPS) is 12.7. The van der Waals surface area contributed by atoms with Crippen LogP contribution in [0.1, 0.15) is 26.3 Å². The molecule has 0 fully saturated rings. The van der Waals surface area contributed by atoms with Gasteiger partial charge in [-0.05, 0) is 37.5 Å². The lowest BCUT2D eigenvalue weighted by atomic mass is 10.1. The van der Waals surface area contributed by atoms with E-state index in [4.69, 9.17) is 11.6 Å². The molecule has 16 heavy (non-hydrogen) atoms. The Balaban J connectivity index is 2.14. The summed E-state index contributed by atoms with van der Waals surface area (Å²) in [5.74, 6) is 0. The SMILES string of the molecule is Cc1cc(C)c(C(Cl)Cc2ccccc2)s1. The Kier molecular flexibility index (Phi) is 3.67. The van der Waals surface area contributed by atoms with Gasteiger partial charge in [-0.1, -0.05) is 30.3 Å². The van der Waals surface area contributed by atoms with Gasteiger partial charge < -0.3 is 0 Å². The van der Waals surface area contributed by atoms with Crippen LogP contribution in [-0.4, -0.2) is 0 Å². The fourth-order valence-electron chi connectivity index (χ4n) is 1.88. The molecule has 0 saturated heterocycles. The molecule has 2 rings (SSSR count). The average molecular weight is 251 g/mol. The van der Waals surface area contributed by atoms with Crippen molar-refractivity contribution in [2.24, 2.45) is 0 Å². The van der Waals surface area contributed by atoms with Crippen molar-refractivity contribution in [3.8, 4) is 0 Å². The van der Waals surface area contributed by atoms with Crippen LogP contribution < -0.4 is 0 Å². The Labute approximate surface area is 106 Å². The Hall–Kier alpha value is -0.790. The van der Waals surface area contributed by atoms with E-state index in [-0.39, 0.29) is 5.38 Å². The highest BCUT2D eigenvalue weighted by Gasteiger charge is 2.13. The number of hydrogen-bond donors (Lipinski definition) is 0. The number of alkyl halides is 1. The summed E-state index contributed by atoms with van der Waals surface area (Å²) in [6, 6.07) is 12.6. The van der Waals surface area contributed by atoms with E-state index in [9.17, 15) is 0 Å². The fourth-order valence-corrected chi connectivity index (χ4v) is 3.38. The number of rotatable bonds is 3. The lowest BCUT2D eigenvalue weighted by Crippen LogP contribution is -1.94. The molecule has 84 valence electrons. The quantitative estimate of drug-likeness (QED) is 0.681. The summed E-state index contributed by atoms with van der Waals surface area (Å²) in [5.41, 5.74) is 2.62. The van der Waals surface area contributed by atoms with Crippen molar-refractivity contribution < 1.29 is 0 Å². The first-order valence-electron chi connectivity index (χ1n) is 5.41. The van der Waals surface area contributed by atoms with Crippen LogP contribution in [0.4, 0.5) is 0 Å². The zero-order valence-electron chi connectivity index (χ0n) is 9.53. The molecule has 2 heteroatoms. The lowest BCUT2D eigenvalue weighted by molar-refractivity contribution is 0.932. The first-order valence-corrected chi connectivity index (χ1v) is 6.67. The third-order valence-electron chi connectivity index (χ3n) is 2.62. The zero-order chi connectivity index (χ0) is 11.5. The van der Waals surface area contributed by atoms with Crippen LogP contribution in [0.3, 0.4) is 0 Å². The van der Waals surface area contributed by atoms with Crippen LogP contribution in [0.5, 0.6) is 0 Å². The van der Waals surface area contributed by atoms with Gasteiger partial charge in [0.15, 0.2) is 0 Å². The highest BCUT2D eigenvalue weighted by molar-refractivity contribution is 7.12. The van der Waals surface area contributed by atoms with Crippen LogP contribution in [-0.2, 0) is 6.42 Å². The first-order chi connectivity index (χ1) is 7.66. The molecule has 0 spiro atoms. The Morgan fingerprint density at radius 3 is 2.44 bits per heavy atom. The van der Waals surface area contributed by atoms with Crippen molar-refractivity contribution >= 4 is 22.9 Å². The molecule has 0 aliphatic rings. The molecule has 1 heterocycles. The molecule has 0 amide bonds. The zero-order valence-corrected chi connectivity index (χ0v) is 11.1. The van der Waals surface area contributed by atoms with E-state index in [2.05, 4.69) is 44.2 Å². The number of aryl methyl sites for hydroxylation is 2. The second-order valence-corrected chi connectivity index (χ2v) is 5.88. The molecule has 1 aromatic carbocycles. The summed E-state index contributed by atoms with van der Waals surface area (Å²) in [5, 5.41) is 0.0982. The van der Waals surface area contributed by atoms with Gasteiger partial charge in [-0.25, -0.2) is 0 Å². The van der Waals surface area contributed by atoms with Crippen molar-refractivity contribution in [3.63, 3.8) is 0 Å². The molecule has 0 N–H and O–H groups in total. The van der Waals surface area contributed by atoms with E-state index < -0.39 is 0 Å². The van der Waals surface area contributed by atoms with E-state index in [1.54, 1.807) is 0 Å². The van der Waals surface area contributed by atoms with Crippen molar-refractivity contribution in [3.05, 3.63) is 57.3 Å². The molecule has 1 unspecified atom stereocenters. The summed E-state index contributed by atoms with van der Waals surface area (Å²) in [6.07, 6.45) is 0.906. The third kappa shape index (κ3) is 2.66. The molecule has 1 atom stereocenters. The van der Waals surface area contributed by atoms with E-state index in [1.807, 2.05) is 17.4 Å². The third-order valence-corrected chi connectivity index (χ3v) is 4.39. The summed E-state index contributed by atoms with van der Waals surface area (Å²) < 4.78 is 0. The fraction of sp³-hybridized carbons (Fsp3) is 0.286. The van der Waals surface area contributed by atoms with Crippen molar-refractivity contribution in [2.45, 2.75) is 25.6 Å². The maximum absolute atomic E-state index is 6.47. The van der Waals surface area contributed by atoms with E-state index in [0.717, 1.165) is 6.42 Å². The largest absolute Gasteiger partial charge is 0.144 e. The van der Waals surface area contributed by atoms with Gasteiger partial charge in [0.25, 0.3) is 0 Å². The second kappa shape index (κ2) is 5.03. The minimum atomic E-state index is 0.0982. The lowest BCUT2D eigenvalue weighted by Gasteiger charge is -2.08. The monoisotopic (exact) mass is 250 g/mol. The predicted molar refractivity (Wildman–Crippen MR) is 72.5 cm³/mol. The maximum atomic E-state index is 6.47. The molecule has 0 saturated carbocycles. The summed E-state index contributed by atoms with van der Waals surface area (Å²) in [7, 11) is 0. The standard InChI is InChI=1S/C14H15ClS/c1-10-8-11(2)16-14(10)13(15)9-12-6-4-3-5-7-12/h3-8,13H,9H2,1-2H3. The molecule has 0 bridgehead atoms. The number of hydrogen-bond acceptors (Lipinski definition) is 1. The number of benzene rings is 1. The van der Waals surface area contributed by atoms with Crippen LogP contribution in [0.2, 0.25) is 0 Å². The smallest absolute Gasteiger partial charge is 0.0721 e.